The quantitative estimate of drug-likeness (QED) is 0.520. The van der Waals surface area contributed by atoms with E-state index in [-0.39, 0.29) is 11.3 Å². The number of aryl methyl sites for hydroxylation is 1. The van der Waals surface area contributed by atoms with E-state index in [2.05, 4.69) is 10.2 Å². The first-order valence-electron chi connectivity index (χ1n) is 5.97. The summed E-state index contributed by atoms with van der Waals surface area (Å²) in [6, 6.07) is 10.2. The summed E-state index contributed by atoms with van der Waals surface area (Å²) in [5, 5.41) is 27.4. The fraction of sp³-hybridized carbons (Fsp3) is 0.0714. The van der Waals surface area contributed by atoms with E-state index >= 15 is 0 Å². The van der Waals surface area contributed by atoms with Crippen molar-refractivity contribution in [3.63, 3.8) is 0 Å². The van der Waals surface area contributed by atoms with Gasteiger partial charge in [0.25, 0.3) is 5.69 Å². The first kappa shape index (κ1) is 14.3. The molecular weight excluding hydrogens is 274 g/mol. The van der Waals surface area contributed by atoms with Crippen LogP contribution in [0.3, 0.4) is 0 Å². The van der Waals surface area contributed by atoms with Crippen LogP contribution in [0.5, 0.6) is 0 Å². The molecule has 106 valence electrons. The van der Waals surface area contributed by atoms with Gasteiger partial charge in [0.1, 0.15) is 0 Å². The molecular formula is C14H11N3O4. The van der Waals surface area contributed by atoms with Gasteiger partial charge in [0.15, 0.2) is 0 Å². The lowest BCUT2D eigenvalue weighted by molar-refractivity contribution is -0.384. The minimum atomic E-state index is -1.04. The topological polar surface area (TPSA) is 105 Å². The lowest BCUT2D eigenvalue weighted by Crippen LogP contribution is -1.95. The molecule has 2 aromatic rings. The molecule has 0 unspecified atom stereocenters. The van der Waals surface area contributed by atoms with E-state index in [0.29, 0.717) is 11.4 Å². The summed E-state index contributed by atoms with van der Waals surface area (Å²) < 4.78 is 0. The van der Waals surface area contributed by atoms with E-state index in [4.69, 9.17) is 5.11 Å². The first-order valence-corrected chi connectivity index (χ1v) is 5.97. The van der Waals surface area contributed by atoms with Gasteiger partial charge < -0.3 is 5.11 Å². The zero-order chi connectivity index (χ0) is 15.4. The highest BCUT2D eigenvalue weighted by Crippen LogP contribution is 2.24. The second-order valence-corrected chi connectivity index (χ2v) is 4.28. The van der Waals surface area contributed by atoms with Crippen molar-refractivity contribution in [3.8, 4) is 0 Å². The van der Waals surface area contributed by atoms with Crippen molar-refractivity contribution in [2.24, 2.45) is 10.2 Å². The van der Waals surface area contributed by atoms with Gasteiger partial charge in [0.05, 0.1) is 21.9 Å². The average molecular weight is 285 g/mol. The van der Waals surface area contributed by atoms with E-state index in [0.717, 1.165) is 5.56 Å². The van der Waals surface area contributed by atoms with Crippen LogP contribution in [0, 0.1) is 17.0 Å². The summed E-state index contributed by atoms with van der Waals surface area (Å²) in [6.07, 6.45) is 0. The van der Waals surface area contributed by atoms with Crippen molar-refractivity contribution in [2.75, 3.05) is 0 Å². The number of hydrogen-bond donors (Lipinski definition) is 1. The van der Waals surface area contributed by atoms with Crippen LogP contribution in [-0.4, -0.2) is 16.0 Å². The normalized spacial score (nSPS) is 10.7. The summed E-state index contributed by atoms with van der Waals surface area (Å²) in [5.41, 5.74) is 1.76. The maximum absolute atomic E-state index is 10.9. The number of carboxylic acid groups (broad SMARTS) is 1. The molecule has 2 rings (SSSR count). The predicted octanol–water partition coefficient (Wildman–Crippen LogP) is 4.02. The third-order valence-corrected chi connectivity index (χ3v) is 2.79. The Hall–Kier alpha value is -3.09. The van der Waals surface area contributed by atoms with Crippen LogP contribution in [0.2, 0.25) is 0 Å². The number of benzene rings is 2. The zero-order valence-corrected chi connectivity index (χ0v) is 11.1. The Morgan fingerprint density at radius 2 is 1.81 bits per heavy atom. The second kappa shape index (κ2) is 5.91. The Balaban J connectivity index is 2.26. The maximum atomic E-state index is 10.9. The number of aromatic carboxylic acids is 1. The summed E-state index contributed by atoms with van der Waals surface area (Å²) in [7, 11) is 0. The molecule has 0 aliphatic rings. The highest BCUT2D eigenvalue weighted by Gasteiger charge is 2.06. The lowest BCUT2D eigenvalue weighted by Gasteiger charge is -2.00. The number of rotatable bonds is 4. The van der Waals surface area contributed by atoms with Crippen molar-refractivity contribution >= 4 is 23.0 Å². The van der Waals surface area contributed by atoms with Crippen LogP contribution in [0.25, 0.3) is 0 Å². The van der Waals surface area contributed by atoms with Crippen LogP contribution < -0.4 is 0 Å². The van der Waals surface area contributed by atoms with E-state index in [9.17, 15) is 14.9 Å². The molecule has 0 heterocycles. The Kier molecular flexibility index (Phi) is 4.03. The minimum Gasteiger partial charge on any atom is -0.478 e. The Labute approximate surface area is 119 Å². The molecule has 0 atom stereocenters. The molecule has 0 aliphatic heterocycles. The Morgan fingerprint density at radius 3 is 2.38 bits per heavy atom. The van der Waals surface area contributed by atoms with Gasteiger partial charge in [0, 0.05) is 12.1 Å². The fourth-order valence-corrected chi connectivity index (χ4v) is 1.60. The molecule has 0 bridgehead atoms. The summed E-state index contributed by atoms with van der Waals surface area (Å²) in [6.45, 7) is 1.79. The van der Waals surface area contributed by atoms with Crippen molar-refractivity contribution in [3.05, 3.63) is 63.7 Å². The van der Waals surface area contributed by atoms with Gasteiger partial charge in [-0.2, -0.15) is 10.2 Å². The molecule has 2 aromatic carbocycles. The molecule has 1 N–H and O–H groups in total. The number of azo groups is 1. The number of nitro benzene ring substituents is 1. The van der Waals surface area contributed by atoms with Crippen LogP contribution >= 0.6 is 0 Å². The SMILES string of the molecule is Cc1ccc(C(=O)O)cc1N=Nc1ccc([N+](=O)[O-])cc1. The predicted molar refractivity (Wildman–Crippen MR) is 75.4 cm³/mol. The summed E-state index contributed by atoms with van der Waals surface area (Å²) in [4.78, 5) is 20.9. The molecule has 7 nitrogen and oxygen atoms in total. The molecule has 0 saturated heterocycles. The number of carbonyl (C=O) groups is 1. The van der Waals surface area contributed by atoms with Crippen molar-refractivity contribution in [2.45, 2.75) is 6.92 Å². The monoisotopic (exact) mass is 285 g/mol. The maximum Gasteiger partial charge on any atom is 0.335 e. The number of non-ortho nitro benzene ring substituents is 1. The van der Waals surface area contributed by atoms with Crippen molar-refractivity contribution in [1.82, 2.24) is 0 Å². The van der Waals surface area contributed by atoms with E-state index in [1.54, 1.807) is 13.0 Å². The molecule has 0 radical (unpaired) electrons. The molecule has 0 aromatic heterocycles. The van der Waals surface area contributed by atoms with Gasteiger partial charge in [0.2, 0.25) is 0 Å². The van der Waals surface area contributed by atoms with E-state index < -0.39 is 10.9 Å². The van der Waals surface area contributed by atoms with Gasteiger partial charge in [-0.15, -0.1) is 0 Å². The first-order chi connectivity index (χ1) is 9.97. The third-order valence-electron chi connectivity index (χ3n) is 2.79. The number of carboxylic acids is 1. The van der Waals surface area contributed by atoms with Crippen LogP contribution in [0.15, 0.2) is 52.7 Å². The van der Waals surface area contributed by atoms with Gasteiger partial charge in [-0.3, -0.25) is 10.1 Å². The van der Waals surface area contributed by atoms with Crippen molar-refractivity contribution in [1.29, 1.82) is 0 Å². The number of hydrogen-bond acceptors (Lipinski definition) is 5. The smallest absolute Gasteiger partial charge is 0.335 e. The van der Waals surface area contributed by atoms with Crippen LogP contribution in [-0.2, 0) is 0 Å². The Morgan fingerprint density at radius 1 is 1.14 bits per heavy atom. The lowest BCUT2D eigenvalue weighted by atomic mass is 10.1. The molecule has 7 heteroatoms. The molecule has 0 spiro atoms. The van der Waals surface area contributed by atoms with Gasteiger partial charge >= 0.3 is 5.97 Å². The standard InChI is InChI=1S/C14H11N3O4/c1-9-2-3-10(14(18)19)8-13(9)16-15-11-4-6-12(7-5-11)17(20)21/h2-8H,1H3,(H,18,19). The third kappa shape index (κ3) is 3.47. The van der Waals surface area contributed by atoms with Gasteiger partial charge in [-0.25, -0.2) is 4.79 Å². The fourth-order valence-electron chi connectivity index (χ4n) is 1.60. The van der Waals surface area contributed by atoms with Gasteiger partial charge in [-0.05, 0) is 36.8 Å². The number of nitrogens with zero attached hydrogens (tertiary/aromatic N) is 3. The highest BCUT2D eigenvalue weighted by molar-refractivity contribution is 5.88. The van der Waals surface area contributed by atoms with Crippen LogP contribution in [0.1, 0.15) is 15.9 Å². The zero-order valence-electron chi connectivity index (χ0n) is 11.1. The van der Waals surface area contributed by atoms with E-state index in [1.807, 2.05) is 0 Å². The Bertz CT molecular complexity index is 723. The van der Waals surface area contributed by atoms with Crippen molar-refractivity contribution < 1.29 is 14.8 Å². The van der Waals surface area contributed by atoms with Gasteiger partial charge in [-0.1, -0.05) is 6.07 Å². The average Bonchev–Trinajstić information content (AvgIpc) is 2.46. The molecule has 0 saturated carbocycles. The second-order valence-electron chi connectivity index (χ2n) is 4.28. The van der Waals surface area contributed by atoms with Crippen LogP contribution in [0.4, 0.5) is 17.1 Å². The summed E-state index contributed by atoms with van der Waals surface area (Å²) >= 11 is 0. The molecule has 0 fully saturated rings. The molecule has 0 amide bonds. The highest BCUT2D eigenvalue weighted by atomic mass is 16.6. The van der Waals surface area contributed by atoms with E-state index in [1.165, 1.54) is 36.4 Å². The molecule has 21 heavy (non-hydrogen) atoms. The minimum absolute atomic E-state index is 0.0296. The summed E-state index contributed by atoms with van der Waals surface area (Å²) in [5.74, 6) is -1.04. The largest absolute Gasteiger partial charge is 0.478 e. The molecule has 0 aliphatic carbocycles. The number of nitro groups is 1.